The number of allylic oxidation sites excluding steroid dienone is 4. The van der Waals surface area contributed by atoms with Crippen molar-refractivity contribution in [2.75, 3.05) is 0 Å². The van der Waals surface area contributed by atoms with E-state index in [1.165, 1.54) is 40.3 Å². The zero-order valence-corrected chi connectivity index (χ0v) is 52.2. The van der Waals surface area contributed by atoms with E-state index in [-0.39, 0.29) is 28.5 Å². The van der Waals surface area contributed by atoms with Crippen molar-refractivity contribution in [3.8, 4) is 45.3 Å². The van der Waals surface area contributed by atoms with Gasteiger partial charge >= 0.3 is 0 Å². The minimum atomic E-state index is 0.0361. The maximum absolute atomic E-state index is 12.1. The summed E-state index contributed by atoms with van der Waals surface area (Å²) >= 11 is 0. The van der Waals surface area contributed by atoms with Gasteiger partial charge in [-0.15, -0.1) is 0 Å². The first-order valence-corrected chi connectivity index (χ1v) is 31.6. The third-order valence-corrected chi connectivity index (χ3v) is 17.6. The van der Waals surface area contributed by atoms with Gasteiger partial charge in [-0.1, -0.05) is 206 Å². The SMILES string of the molecule is CC(C)(C)c1ccc(-c2oc3cccc4c3c2C=CC4=O)cc1.CC(C)Cc1ccc(-c2oc3cccc4c3c2C=CC4=O)cc1.CCCCc1ccc(-c2oc3cccc4c3c2C=CC4=O)cc1.O=C1C=Cc2c(-c3ccc4ccccc4c3)oc3cccc1c23. The third-order valence-electron chi connectivity index (χ3n) is 17.6. The van der Waals surface area contributed by atoms with E-state index in [4.69, 9.17) is 17.7 Å². The third kappa shape index (κ3) is 11.0. The van der Waals surface area contributed by atoms with Gasteiger partial charge in [-0.2, -0.15) is 0 Å². The largest absolute Gasteiger partial charge is 0.455 e. The Morgan fingerprint density at radius 2 is 0.707 bits per heavy atom. The molecule has 4 aliphatic rings. The standard InChI is InChI=1S/C21H12O2.3C21H18O2/c22-18-11-10-17-20-16(18)6-3-7-19(20)23-21(17)15-9-8-13-4-1-2-5-14(13)12-15;1-21(2,3)14-9-7-13(8-10-14)20-16-11-12-17(22)15-5-4-6-18(23-20)19(15)16;1-13(2)12-14-6-8-15(9-7-14)21-17-10-11-18(22)16-4-3-5-19(23-21)20(16)17;1-2-3-5-14-8-10-15(11-9-14)21-17-12-13-18(22)16-6-4-7-19(23-21)20(16)17/h1-12H;4-12H,1-3H3;3-11,13H,12H2,1-2H3;4,6-13H,2-3,5H2,1H3. The average molecular weight is 1200 g/mol. The van der Waals surface area contributed by atoms with Gasteiger partial charge in [0.05, 0.1) is 0 Å². The van der Waals surface area contributed by atoms with Crippen LogP contribution in [-0.2, 0) is 18.3 Å². The quantitative estimate of drug-likeness (QED) is 0.140. The Hall–Kier alpha value is -11.0. The van der Waals surface area contributed by atoms with Crippen LogP contribution in [0.25, 0.3) is 124 Å². The van der Waals surface area contributed by atoms with E-state index in [9.17, 15) is 19.2 Å². The van der Waals surface area contributed by atoms with E-state index in [0.29, 0.717) is 5.92 Å². The number of rotatable bonds is 9. The van der Waals surface area contributed by atoms with Gasteiger partial charge in [0.25, 0.3) is 0 Å². The lowest BCUT2D eigenvalue weighted by atomic mass is 9.86. The molecule has 0 unspecified atom stereocenters. The Morgan fingerprint density at radius 3 is 1.08 bits per heavy atom. The summed E-state index contributed by atoms with van der Waals surface area (Å²) in [4.78, 5) is 48.2. The van der Waals surface area contributed by atoms with E-state index in [0.717, 1.165) is 147 Å². The molecule has 4 aromatic heterocycles. The van der Waals surface area contributed by atoms with E-state index in [1.807, 2.05) is 109 Å². The summed E-state index contributed by atoms with van der Waals surface area (Å²) in [5.41, 5.74) is 18.3. The molecule has 450 valence electrons. The zero-order chi connectivity index (χ0) is 63.4. The van der Waals surface area contributed by atoms with Crippen molar-refractivity contribution >= 4 is 102 Å². The van der Waals surface area contributed by atoms with Gasteiger partial charge in [-0.25, -0.2) is 0 Å². The van der Waals surface area contributed by atoms with Gasteiger partial charge in [0.15, 0.2) is 23.1 Å². The van der Waals surface area contributed by atoms with Crippen LogP contribution in [0.4, 0.5) is 0 Å². The van der Waals surface area contributed by atoms with Crippen LogP contribution in [0.3, 0.4) is 0 Å². The number of unbranched alkanes of at least 4 members (excludes halogenated alkanes) is 1. The van der Waals surface area contributed by atoms with Gasteiger partial charge in [0.1, 0.15) is 45.4 Å². The number of carbonyl (C=O) groups excluding carboxylic acids is 4. The molecule has 0 saturated carbocycles. The number of hydrogen-bond donors (Lipinski definition) is 0. The van der Waals surface area contributed by atoms with E-state index < -0.39 is 0 Å². The average Bonchev–Trinajstić information content (AvgIpc) is 1.64. The number of ketones is 4. The Labute approximate surface area is 533 Å². The Morgan fingerprint density at radius 1 is 0.359 bits per heavy atom. The molecule has 8 heteroatoms. The van der Waals surface area contributed by atoms with Crippen molar-refractivity contribution in [3.05, 3.63) is 274 Å². The highest BCUT2D eigenvalue weighted by Crippen LogP contribution is 2.44. The molecule has 0 radical (unpaired) electrons. The van der Waals surface area contributed by atoms with Crippen molar-refractivity contribution < 1.29 is 36.8 Å². The second kappa shape index (κ2) is 24.1. The number of furan rings is 4. The molecule has 13 aromatic rings. The van der Waals surface area contributed by atoms with Gasteiger partial charge in [0, 0.05) is 88.3 Å². The predicted molar refractivity (Wildman–Crippen MR) is 373 cm³/mol. The van der Waals surface area contributed by atoms with Crippen LogP contribution in [0.15, 0.2) is 230 Å². The fourth-order valence-electron chi connectivity index (χ4n) is 12.9. The molecule has 0 N–H and O–H groups in total. The number of carbonyl (C=O) groups is 4. The molecule has 92 heavy (non-hydrogen) atoms. The Balaban J connectivity index is 0.000000107. The van der Waals surface area contributed by atoms with Gasteiger partial charge < -0.3 is 17.7 Å². The second-order valence-electron chi connectivity index (χ2n) is 25.4. The number of hydrogen-bond acceptors (Lipinski definition) is 8. The molecular weight excluding hydrogens is 1140 g/mol. The molecule has 0 fully saturated rings. The minimum absolute atomic E-state index is 0.0361. The lowest BCUT2D eigenvalue weighted by molar-refractivity contribution is 0.104. The maximum atomic E-state index is 12.1. The van der Waals surface area contributed by atoms with Crippen molar-refractivity contribution in [3.63, 3.8) is 0 Å². The number of benzene rings is 9. The molecule has 0 amide bonds. The van der Waals surface area contributed by atoms with E-state index >= 15 is 0 Å². The molecule has 0 bridgehead atoms. The number of aryl methyl sites for hydroxylation is 1. The van der Waals surface area contributed by atoms with Crippen LogP contribution in [0.2, 0.25) is 0 Å². The fourth-order valence-corrected chi connectivity index (χ4v) is 12.9. The zero-order valence-electron chi connectivity index (χ0n) is 52.2. The molecule has 4 heterocycles. The van der Waals surface area contributed by atoms with Crippen LogP contribution in [0.5, 0.6) is 0 Å². The van der Waals surface area contributed by atoms with E-state index in [1.54, 1.807) is 24.3 Å². The molecule has 9 aromatic carbocycles. The van der Waals surface area contributed by atoms with Crippen molar-refractivity contribution in [1.82, 2.24) is 0 Å². The summed E-state index contributed by atoms with van der Waals surface area (Å²) in [7, 11) is 0. The highest BCUT2D eigenvalue weighted by molar-refractivity contribution is 6.23. The first kappa shape index (κ1) is 58.7. The smallest absolute Gasteiger partial charge is 0.186 e. The van der Waals surface area contributed by atoms with Crippen LogP contribution >= 0.6 is 0 Å². The van der Waals surface area contributed by atoms with Gasteiger partial charge in [-0.05, 0) is 137 Å². The molecule has 0 saturated heterocycles. The number of fused-ring (bicyclic) bond motifs is 1. The molecule has 0 spiro atoms. The van der Waals surface area contributed by atoms with Crippen LogP contribution < -0.4 is 0 Å². The predicted octanol–water partition coefficient (Wildman–Crippen LogP) is 22.2. The van der Waals surface area contributed by atoms with Crippen molar-refractivity contribution in [2.24, 2.45) is 5.92 Å². The molecule has 8 nitrogen and oxygen atoms in total. The molecular formula is C84H66O8. The monoisotopic (exact) mass is 1200 g/mol. The van der Waals surface area contributed by atoms with Crippen LogP contribution in [0, 0.1) is 5.92 Å². The lowest BCUT2D eigenvalue weighted by Crippen LogP contribution is -2.10. The first-order chi connectivity index (χ1) is 44.7. The summed E-state index contributed by atoms with van der Waals surface area (Å²) in [5.74, 6) is 4.15. The first-order valence-electron chi connectivity index (χ1n) is 31.6. The minimum Gasteiger partial charge on any atom is -0.455 e. The van der Waals surface area contributed by atoms with Gasteiger partial charge in [-0.3, -0.25) is 19.2 Å². The normalized spacial score (nSPS) is 13.3. The second-order valence-corrected chi connectivity index (χ2v) is 25.4. The fraction of sp³-hybridized carbons (Fsp3) is 0.143. The van der Waals surface area contributed by atoms with Gasteiger partial charge in [0.2, 0.25) is 0 Å². The van der Waals surface area contributed by atoms with Crippen LogP contribution in [-0.4, -0.2) is 23.1 Å². The van der Waals surface area contributed by atoms with Crippen molar-refractivity contribution in [1.29, 1.82) is 0 Å². The highest BCUT2D eigenvalue weighted by atomic mass is 16.3. The maximum Gasteiger partial charge on any atom is 0.186 e. The Bertz CT molecular complexity index is 5230. The summed E-state index contributed by atoms with van der Waals surface area (Å²) < 4.78 is 24.3. The summed E-state index contributed by atoms with van der Waals surface area (Å²) in [6.07, 6.45) is 18.6. The van der Waals surface area contributed by atoms with Crippen LogP contribution in [0.1, 0.15) is 135 Å². The molecule has 0 aliphatic heterocycles. The van der Waals surface area contributed by atoms with E-state index in [2.05, 4.69) is 145 Å². The topological polar surface area (TPSA) is 121 Å². The Kier molecular flexibility index (Phi) is 15.4. The molecule has 0 atom stereocenters. The molecule has 4 aliphatic carbocycles. The molecule has 17 rings (SSSR count). The summed E-state index contributed by atoms with van der Waals surface area (Å²) in [5, 5.41) is 6.09. The van der Waals surface area contributed by atoms with Crippen molar-refractivity contribution in [2.45, 2.75) is 72.6 Å². The summed E-state index contributed by atoms with van der Waals surface area (Å²) in [6.45, 7) is 13.3. The highest BCUT2D eigenvalue weighted by Gasteiger charge is 2.27. The lowest BCUT2D eigenvalue weighted by Gasteiger charge is -2.19. The summed E-state index contributed by atoms with van der Waals surface area (Å²) in [6, 6.07) is 62.8.